The Bertz CT molecular complexity index is 3390. The second-order valence-electron chi connectivity index (χ2n) is 24.9. The van der Waals surface area contributed by atoms with Gasteiger partial charge in [0.2, 0.25) is 0 Å². The molecule has 0 spiro atoms. The summed E-state index contributed by atoms with van der Waals surface area (Å²) in [5, 5.41) is 0. The lowest BCUT2D eigenvalue weighted by Crippen LogP contribution is -2.27. The summed E-state index contributed by atoms with van der Waals surface area (Å²) in [6.07, 6.45) is 8.44. The number of thiophene rings is 1. The summed E-state index contributed by atoms with van der Waals surface area (Å²) in [5.74, 6) is 0.454. The van der Waals surface area contributed by atoms with Gasteiger partial charge in [0.05, 0.1) is 27.0 Å². The lowest BCUT2D eigenvalue weighted by Gasteiger charge is -2.47. The average Bonchev–Trinajstić information content (AvgIpc) is 3.76. The first-order valence-electron chi connectivity index (χ1n) is 26.6. The Balaban J connectivity index is 1.21. The molecule has 3 heterocycles. The minimum atomic E-state index is -1.07. The third kappa shape index (κ3) is 8.94. The van der Waals surface area contributed by atoms with Gasteiger partial charge in [-0.25, -0.2) is 0 Å². The predicted octanol–water partition coefficient (Wildman–Crippen LogP) is 21.0. The Morgan fingerprint density at radius 3 is 1.53 bits per heavy atom. The van der Waals surface area contributed by atoms with Crippen molar-refractivity contribution in [2.75, 3.05) is 14.7 Å². The van der Waals surface area contributed by atoms with Crippen LogP contribution in [0.5, 0.6) is 0 Å². The first-order chi connectivity index (χ1) is 35.1. The molecule has 0 saturated heterocycles. The summed E-state index contributed by atoms with van der Waals surface area (Å²) in [6.45, 7) is 30.1. The van der Waals surface area contributed by atoms with Gasteiger partial charge in [0, 0.05) is 48.7 Å². The van der Waals surface area contributed by atoms with Crippen LogP contribution in [0.4, 0.5) is 45.5 Å². The highest BCUT2D eigenvalue weighted by molar-refractivity contribution is 8.19. The Morgan fingerprint density at radius 1 is 0.527 bits per heavy atom. The molecule has 5 heteroatoms. The SMILES string of the molecule is Cc1cc2c3c(c1)N(c1ccc(C(C)(C)C)cc1)c1cc(N(c4ccc(C(C)(C)C)cc4)c4ccc(C(C)(C)C)cc4)ccc1[SH]3c1sc(-c3ccccc3)c(-c3ccccc3)c1N2C1=CCC(C(C)(C)C)C=C1. The highest BCUT2D eigenvalue weighted by Crippen LogP contribution is 2.74. The van der Waals surface area contributed by atoms with Crippen molar-refractivity contribution >= 4 is 67.7 Å². The zero-order chi connectivity index (χ0) is 52.1. The molecule has 0 N–H and O–H groups in total. The molecule has 1 aromatic heterocycles. The van der Waals surface area contributed by atoms with Crippen molar-refractivity contribution in [1.82, 2.24) is 0 Å². The van der Waals surface area contributed by atoms with Crippen molar-refractivity contribution < 1.29 is 0 Å². The van der Waals surface area contributed by atoms with E-state index in [1.54, 1.807) is 0 Å². The number of hydrogen-bond acceptors (Lipinski definition) is 4. The van der Waals surface area contributed by atoms with E-state index in [4.69, 9.17) is 0 Å². The first kappa shape index (κ1) is 49.7. The molecule has 376 valence electrons. The van der Waals surface area contributed by atoms with Gasteiger partial charge >= 0.3 is 0 Å². The number of rotatable bonds is 7. The van der Waals surface area contributed by atoms with Crippen LogP contribution in [-0.4, -0.2) is 0 Å². The Kier molecular flexibility index (Phi) is 12.3. The van der Waals surface area contributed by atoms with Gasteiger partial charge in [0.15, 0.2) is 0 Å². The van der Waals surface area contributed by atoms with E-state index in [1.165, 1.54) is 86.3 Å². The number of allylic oxidation sites excluding steroid dienone is 3. The summed E-state index contributed by atoms with van der Waals surface area (Å²) in [4.78, 5) is 11.8. The Morgan fingerprint density at radius 2 is 1.03 bits per heavy atom. The molecule has 74 heavy (non-hydrogen) atoms. The molecule has 7 aromatic carbocycles. The molecule has 8 aromatic rings. The number of hydrogen-bond donors (Lipinski definition) is 1. The molecule has 3 nitrogen and oxygen atoms in total. The first-order valence-corrected chi connectivity index (χ1v) is 28.8. The monoisotopic (exact) mass is 1010 g/mol. The van der Waals surface area contributed by atoms with Crippen LogP contribution in [0, 0.1) is 18.3 Å². The number of fused-ring (bicyclic) bond motifs is 4. The van der Waals surface area contributed by atoms with Crippen molar-refractivity contribution in [3.8, 4) is 21.6 Å². The largest absolute Gasteiger partial charge is 0.310 e. The maximum atomic E-state index is 2.67. The van der Waals surface area contributed by atoms with Gasteiger partial charge in [-0.05, 0) is 147 Å². The molecule has 2 atom stereocenters. The molecular formula is C69H73N3S2. The van der Waals surface area contributed by atoms with Crippen molar-refractivity contribution in [3.05, 3.63) is 210 Å². The highest BCUT2D eigenvalue weighted by atomic mass is 32.2. The molecule has 0 bridgehead atoms. The Labute approximate surface area is 449 Å². The van der Waals surface area contributed by atoms with Crippen molar-refractivity contribution in [2.24, 2.45) is 11.3 Å². The van der Waals surface area contributed by atoms with E-state index >= 15 is 0 Å². The van der Waals surface area contributed by atoms with Crippen molar-refractivity contribution in [1.29, 1.82) is 0 Å². The third-order valence-corrected chi connectivity index (χ3v) is 19.7. The zero-order valence-corrected chi connectivity index (χ0v) is 47.5. The molecule has 11 rings (SSSR count). The Hall–Kier alpha value is -6.53. The van der Waals surface area contributed by atoms with Gasteiger partial charge < -0.3 is 14.7 Å². The van der Waals surface area contributed by atoms with Crippen LogP contribution in [0.15, 0.2) is 202 Å². The zero-order valence-electron chi connectivity index (χ0n) is 45.8. The second kappa shape index (κ2) is 18.4. The van der Waals surface area contributed by atoms with Gasteiger partial charge in [-0.3, -0.25) is 0 Å². The predicted molar refractivity (Wildman–Crippen MR) is 323 cm³/mol. The van der Waals surface area contributed by atoms with E-state index in [2.05, 4.69) is 287 Å². The fraction of sp³-hybridized carbons (Fsp3) is 0.275. The molecule has 3 aliphatic rings. The van der Waals surface area contributed by atoms with Gasteiger partial charge in [-0.2, -0.15) is 10.9 Å². The normalized spacial score (nSPS) is 16.9. The lowest BCUT2D eigenvalue weighted by molar-refractivity contribution is 0.293. The molecule has 2 aliphatic heterocycles. The summed E-state index contributed by atoms with van der Waals surface area (Å²) >= 11 is 2.01. The number of anilines is 8. The van der Waals surface area contributed by atoms with Gasteiger partial charge in [-0.15, -0.1) is 11.3 Å². The van der Waals surface area contributed by atoms with Gasteiger partial charge in [0.25, 0.3) is 0 Å². The summed E-state index contributed by atoms with van der Waals surface area (Å²) < 4.78 is 1.44. The number of thiol groups is 1. The maximum absolute atomic E-state index is 2.67. The van der Waals surface area contributed by atoms with Crippen molar-refractivity contribution in [2.45, 2.75) is 127 Å². The number of aryl methyl sites for hydroxylation is 1. The van der Waals surface area contributed by atoms with Crippen LogP contribution in [0.1, 0.15) is 112 Å². The summed E-state index contributed by atoms with van der Waals surface area (Å²) in [6, 6.07) is 62.7. The number of benzene rings is 7. The van der Waals surface area contributed by atoms with Gasteiger partial charge in [0.1, 0.15) is 0 Å². The van der Waals surface area contributed by atoms with Crippen LogP contribution in [0.25, 0.3) is 21.6 Å². The molecule has 2 unspecified atom stereocenters. The maximum Gasteiger partial charge on any atom is 0.0781 e. The molecule has 0 radical (unpaired) electrons. The van der Waals surface area contributed by atoms with E-state index in [0.717, 1.165) is 29.2 Å². The van der Waals surface area contributed by atoms with E-state index in [0.29, 0.717) is 5.92 Å². The minimum absolute atomic E-state index is 0.0180. The van der Waals surface area contributed by atoms with E-state index in [9.17, 15) is 0 Å². The van der Waals surface area contributed by atoms with E-state index in [-0.39, 0.29) is 21.7 Å². The fourth-order valence-corrected chi connectivity index (χ4v) is 15.8. The molecular weight excluding hydrogens is 935 g/mol. The fourth-order valence-electron chi connectivity index (χ4n) is 11.1. The van der Waals surface area contributed by atoms with E-state index < -0.39 is 10.9 Å². The summed E-state index contributed by atoms with van der Waals surface area (Å²) in [7, 11) is -1.07. The third-order valence-electron chi connectivity index (χ3n) is 15.4. The van der Waals surface area contributed by atoms with Crippen LogP contribution >= 0.6 is 22.2 Å². The van der Waals surface area contributed by atoms with Crippen LogP contribution in [0.3, 0.4) is 0 Å². The standard InChI is InChI=1S/C69H73N3S2/c1-45-42-58-64-59(43-45)72(55-38-30-51(31-39-55)69(11,12)13)62-61(46-20-16-14-17-21-46)63(47-22-18-15-19-23-47)73-65(62)74(64)60-41-40-56(44-57(60)71(58)54-36-28-50(29-37-54)68(8,9)10)70(52-32-24-48(25-33-52)66(2,3)4)53-34-26-49(27-35-53)67(5,6)7/h14-30,32-44,51,74H,31H2,1-13H3. The average molecular weight is 1010 g/mol. The van der Waals surface area contributed by atoms with Crippen LogP contribution in [0.2, 0.25) is 0 Å². The second-order valence-corrected chi connectivity index (χ2v) is 28.3. The molecule has 0 fully saturated rings. The van der Waals surface area contributed by atoms with E-state index in [1.807, 2.05) is 11.3 Å². The van der Waals surface area contributed by atoms with Crippen molar-refractivity contribution in [3.63, 3.8) is 0 Å². The molecule has 0 saturated carbocycles. The smallest absolute Gasteiger partial charge is 0.0781 e. The summed E-state index contributed by atoms with van der Waals surface area (Å²) in [5.41, 5.74) is 20.2. The molecule has 1 aliphatic carbocycles. The lowest BCUT2D eigenvalue weighted by atomic mass is 9.77. The quantitative estimate of drug-likeness (QED) is 0.160. The minimum Gasteiger partial charge on any atom is -0.310 e. The van der Waals surface area contributed by atoms with Crippen LogP contribution in [-0.2, 0) is 16.2 Å². The molecule has 0 amide bonds. The topological polar surface area (TPSA) is 9.72 Å². The van der Waals surface area contributed by atoms with Gasteiger partial charge in [-0.1, -0.05) is 192 Å². The highest BCUT2D eigenvalue weighted by Gasteiger charge is 2.44. The number of nitrogens with zero attached hydrogens (tertiary/aromatic N) is 3. The van der Waals surface area contributed by atoms with Crippen LogP contribution < -0.4 is 14.7 Å².